The van der Waals surface area contributed by atoms with E-state index in [1.807, 2.05) is 19.9 Å². The largest absolute Gasteiger partial charge is 0.352 e. The Kier molecular flexibility index (Phi) is 5.40. The molecule has 3 heteroatoms. The lowest BCUT2D eigenvalue weighted by atomic mass is 10.1. The first kappa shape index (κ1) is 12.2. The zero-order valence-corrected chi connectivity index (χ0v) is 9.81. The summed E-state index contributed by atoms with van der Waals surface area (Å²) in [6.45, 7) is 5.82. The maximum Gasteiger partial charge on any atom is 0.246 e. The molecule has 0 aromatic heterocycles. The van der Waals surface area contributed by atoms with Crippen molar-refractivity contribution in [2.45, 2.75) is 45.6 Å². The average molecular weight is 210 g/mol. The quantitative estimate of drug-likeness (QED) is 0.677. The van der Waals surface area contributed by atoms with Crippen LogP contribution in [0.2, 0.25) is 0 Å². The fraction of sp³-hybridized carbons (Fsp3) is 0.750. The molecule has 0 spiro atoms. The van der Waals surface area contributed by atoms with E-state index in [-0.39, 0.29) is 5.91 Å². The zero-order valence-electron chi connectivity index (χ0n) is 9.81. The number of allylic oxidation sites excluding steroid dienone is 1. The smallest absolute Gasteiger partial charge is 0.246 e. The number of amides is 1. The number of hydrogen-bond acceptors (Lipinski definition) is 2. The molecule has 2 N–H and O–H groups in total. The van der Waals surface area contributed by atoms with Crippen LogP contribution in [0.3, 0.4) is 0 Å². The molecule has 0 aromatic rings. The van der Waals surface area contributed by atoms with Crippen molar-refractivity contribution in [3.8, 4) is 0 Å². The van der Waals surface area contributed by atoms with Gasteiger partial charge in [-0.1, -0.05) is 13.0 Å². The van der Waals surface area contributed by atoms with Gasteiger partial charge in [-0.2, -0.15) is 0 Å². The lowest BCUT2D eigenvalue weighted by Gasteiger charge is -2.10. The summed E-state index contributed by atoms with van der Waals surface area (Å²) >= 11 is 0. The van der Waals surface area contributed by atoms with Crippen molar-refractivity contribution >= 4 is 5.91 Å². The normalized spacial score (nSPS) is 21.7. The van der Waals surface area contributed by atoms with Crippen LogP contribution in [-0.4, -0.2) is 25.0 Å². The number of carbonyl (C=O) groups is 1. The maximum absolute atomic E-state index is 11.5. The molecule has 1 rings (SSSR count). The number of rotatable bonds is 5. The van der Waals surface area contributed by atoms with Crippen molar-refractivity contribution in [2.75, 3.05) is 13.1 Å². The third-order valence-electron chi connectivity index (χ3n) is 2.81. The van der Waals surface area contributed by atoms with Crippen LogP contribution in [0.1, 0.15) is 39.5 Å². The van der Waals surface area contributed by atoms with Gasteiger partial charge in [-0.05, 0) is 39.2 Å². The third-order valence-corrected chi connectivity index (χ3v) is 2.81. The predicted octanol–water partition coefficient (Wildman–Crippen LogP) is 1.60. The Balaban J connectivity index is 2.13. The van der Waals surface area contributed by atoms with E-state index in [0.717, 1.165) is 31.5 Å². The molecule has 0 unspecified atom stereocenters. The summed E-state index contributed by atoms with van der Waals surface area (Å²) in [6, 6.07) is 0.612. The highest BCUT2D eigenvalue weighted by atomic mass is 16.1. The summed E-state index contributed by atoms with van der Waals surface area (Å²) < 4.78 is 0. The van der Waals surface area contributed by atoms with Crippen molar-refractivity contribution in [1.82, 2.24) is 10.6 Å². The highest BCUT2D eigenvalue weighted by Gasteiger charge is 2.13. The molecular weight excluding hydrogens is 188 g/mol. The minimum Gasteiger partial charge on any atom is -0.352 e. The Labute approximate surface area is 92.3 Å². The van der Waals surface area contributed by atoms with Crippen molar-refractivity contribution < 1.29 is 4.79 Å². The van der Waals surface area contributed by atoms with Gasteiger partial charge in [0.15, 0.2) is 0 Å². The Morgan fingerprint density at radius 3 is 3.00 bits per heavy atom. The number of nitrogens with one attached hydrogen (secondary N) is 2. The van der Waals surface area contributed by atoms with E-state index in [0.29, 0.717) is 6.04 Å². The Bertz CT molecular complexity index is 230. The zero-order chi connectivity index (χ0) is 11.1. The third kappa shape index (κ3) is 4.47. The molecule has 0 radical (unpaired) electrons. The number of hydrogen-bond donors (Lipinski definition) is 2. The summed E-state index contributed by atoms with van der Waals surface area (Å²) in [5.74, 6) is 0.0786. The second kappa shape index (κ2) is 6.62. The molecule has 86 valence electrons. The standard InChI is InChI=1S/C12H22N2O/c1-3-5-10(2)12(15)14-9-7-11-6-4-8-13-11/h5,11,13H,3-4,6-9H2,1-2H3,(H,14,15)/b10-5-/t11-/m0/s1. The second-order valence-electron chi connectivity index (χ2n) is 4.13. The Morgan fingerprint density at radius 2 is 2.40 bits per heavy atom. The fourth-order valence-electron chi connectivity index (χ4n) is 1.90. The van der Waals surface area contributed by atoms with Gasteiger partial charge in [-0.25, -0.2) is 0 Å². The summed E-state index contributed by atoms with van der Waals surface area (Å²) in [4.78, 5) is 11.5. The summed E-state index contributed by atoms with van der Waals surface area (Å²) in [6.07, 6.45) is 6.45. The van der Waals surface area contributed by atoms with E-state index in [2.05, 4.69) is 10.6 Å². The van der Waals surface area contributed by atoms with E-state index < -0.39 is 0 Å². The van der Waals surface area contributed by atoms with E-state index in [1.165, 1.54) is 12.8 Å². The SMILES string of the molecule is CC/C=C(/C)C(=O)NCC[C@@H]1CCCN1. The average Bonchev–Trinajstić information content (AvgIpc) is 2.71. The predicted molar refractivity (Wildman–Crippen MR) is 62.7 cm³/mol. The van der Waals surface area contributed by atoms with Crippen molar-refractivity contribution in [2.24, 2.45) is 0 Å². The van der Waals surface area contributed by atoms with Crippen LogP contribution in [-0.2, 0) is 4.79 Å². The maximum atomic E-state index is 11.5. The van der Waals surface area contributed by atoms with Crippen LogP contribution in [0.5, 0.6) is 0 Å². The van der Waals surface area contributed by atoms with Gasteiger partial charge in [-0.3, -0.25) is 4.79 Å². The molecule has 1 amide bonds. The van der Waals surface area contributed by atoms with Gasteiger partial charge in [0.25, 0.3) is 0 Å². The lowest BCUT2D eigenvalue weighted by Crippen LogP contribution is -2.30. The molecule has 1 fully saturated rings. The Morgan fingerprint density at radius 1 is 1.60 bits per heavy atom. The van der Waals surface area contributed by atoms with Gasteiger partial charge in [0, 0.05) is 18.2 Å². The minimum atomic E-state index is 0.0786. The molecule has 1 aliphatic rings. The monoisotopic (exact) mass is 210 g/mol. The molecule has 0 aromatic carbocycles. The van der Waals surface area contributed by atoms with Gasteiger partial charge in [0.2, 0.25) is 5.91 Å². The second-order valence-corrected chi connectivity index (χ2v) is 4.13. The molecule has 1 aliphatic heterocycles. The molecule has 0 aliphatic carbocycles. The molecule has 0 saturated carbocycles. The van der Waals surface area contributed by atoms with Crippen LogP contribution in [0.25, 0.3) is 0 Å². The van der Waals surface area contributed by atoms with E-state index in [4.69, 9.17) is 0 Å². The van der Waals surface area contributed by atoms with Gasteiger partial charge in [-0.15, -0.1) is 0 Å². The van der Waals surface area contributed by atoms with Crippen LogP contribution < -0.4 is 10.6 Å². The highest BCUT2D eigenvalue weighted by molar-refractivity contribution is 5.92. The Hall–Kier alpha value is -0.830. The first-order chi connectivity index (χ1) is 7.24. The molecule has 1 atom stereocenters. The summed E-state index contributed by atoms with van der Waals surface area (Å²) in [5.41, 5.74) is 0.830. The van der Waals surface area contributed by atoms with Crippen molar-refractivity contribution in [1.29, 1.82) is 0 Å². The van der Waals surface area contributed by atoms with Crippen LogP contribution in [0, 0.1) is 0 Å². The lowest BCUT2D eigenvalue weighted by molar-refractivity contribution is -0.117. The van der Waals surface area contributed by atoms with E-state index >= 15 is 0 Å². The molecule has 3 nitrogen and oxygen atoms in total. The molecular formula is C12H22N2O. The van der Waals surface area contributed by atoms with Gasteiger partial charge >= 0.3 is 0 Å². The first-order valence-corrected chi connectivity index (χ1v) is 5.92. The van der Waals surface area contributed by atoms with E-state index in [9.17, 15) is 4.79 Å². The molecule has 1 heterocycles. The summed E-state index contributed by atoms with van der Waals surface area (Å²) in [5, 5.41) is 6.37. The molecule has 0 bridgehead atoms. The van der Waals surface area contributed by atoms with Crippen LogP contribution >= 0.6 is 0 Å². The topological polar surface area (TPSA) is 41.1 Å². The van der Waals surface area contributed by atoms with Crippen molar-refractivity contribution in [3.05, 3.63) is 11.6 Å². The highest BCUT2D eigenvalue weighted by Crippen LogP contribution is 2.07. The summed E-state index contributed by atoms with van der Waals surface area (Å²) in [7, 11) is 0. The fourth-order valence-corrected chi connectivity index (χ4v) is 1.90. The van der Waals surface area contributed by atoms with Gasteiger partial charge < -0.3 is 10.6 Å². The first-order valence-electron chi connectivity index (χ1n) is 5.92. The van der Waals surface area contributed by atoms with Gasteiger partial charge in [0.1, 0.15) is 0 Å². The van der Waals surface area contributed by atoms with E-state index in [1.54, 1.807) is 0 Å². The molecule has 15 heavy (non-hydrogen) atoms. The minimum absolute atomic E-state index is 0.0786. The number of carbonyl (C=O) groups excluding carboxylic acids is 1. The van der Waals surface area contributed by atoms with Crippen LogP contribution in [0.4, 0.5) is 0 Å². The molecule has 1 saturated heterocycles. The van der Waals surface area contributed by atoms with Gasteiger partial charge in [0.05, 0.1) is 0 Å². The van der Waals surface area contributed by atoms with Crippen LogP contribution in [0.15, 0.2) is 11.6 Å². The van der Waals surface area contributed by atoms with Crippen molar-refractivity contribution in [3.63, 3.8) is 0 Å².